The van der Waals surface area contributed by atoms with E-state index in [9.17, 15) is 4.79 Å². The van der Waals surface area contributed by atoms with Gasteiger partial charge in [0.1, 0.15) is 5.60 Å². The van der Waals surface area contributed by atoms with Gasteiger partial charge in [-0.2, -0.15) is 0 Å². The zero-order valence-electron chi connectivity index (χ0n) is 23.3. The van der Waals surface area contributed by atoms with Crippen molar-refractivity contribution in [2.75, 3.05) is 26.2 Å². The van der Waals surface area contributed by atoms with E-state index in [0.717, 1.165) is 31.5 Å². The molecule has 2 aromatic carbocycles. The highest BCUT2D eigenvalue weighted by Crippen LogP contribution is 2.18. The fraction of sp³-hybridized carbons (Fsp3) is 0.552. The van der Waals surface area contributed by atoms with Crippen molar-refractivity contribution < 1.29 is 19.0 Å². The fourth-order valence-electron chi connectivity index (χ4n) is 4.19. The van der Waals surface area contributed by atoms with Gasteiger partial charge in [0, 0.05) is 25.2 Å². The van der Waals surface area contributed by atoms with Gasteiger partial charge in [0.25, 0.3) is 0 Å². The summed E-state index contributed by atoms with van der Waals surface area (Å²) in [6, 6.07) is 20.3. The number of halogens is 2. The summed E-state index contributed by atoms with van der Waals surface area (Å²) in [4.78, 5) is 13.8. The number of benzene rings is 2. The van der Waals surface area contributed by atoms with Gasteiger partial charge in [-0.3, -0.25) is 0 Å². The van der Waals surface area contributed by atoms with Crippen molar-refractivity contribution in [2.24, 2.45) is 11.5 Å². The molecule has 4 unspecified atom stereocenters. The molecule has 1 amide bonds. The lowest BCUT2D eigenvalue weighted by Gasteiger charge is -2.37. The number of nitrogens with zero attached hydrogens (tertiary/aromatic N) is 1. The third-order valence-corrected chi connectivity index (χ3v) is 6.35. The third kappa shape index (κ3) is 12.9. The van der Waals surface area contributed by atoms with Gasteiger partial charge in [-0.05, 0) is 51.3 Å². The van der Waals surface area contributed by atoms with E-state index >= 15 is 0 Å². The highest BCUT2D eigenvalue weighted by Gasteiger charge is 2.32. The van der Waals surface area contributed by atoms with Crippen molar-refractivity contribution in [3.63, 3.8) is 0 Å². The van der Waals surface area contributed by atoms with E-state index in [1.54, 1.807) is 4.90 Å². The molecule has 0 bridgehead atoms. The molecule has 2 saturated heterocycles. The molecule has 2 aromatic rings. The molecule has 0 aromatic heterocycles. The van der Waals surface area contributed by atoms with Crippen LogP contribution >= 0.6 is 24.8 Å². The number of nitrogens with two attached hydrogens (primary N) is 2. The van der Waals surface area contributed by atoms with Crippen molar-refractivity contribution in [2.45, 2.75) is 76.7 Å². The van der Waals surface area contributed by atoms with Crippen molar-refractivity contribution in [1.82, 2.24) is 10.2 Å². The molecule has 2 aliphatic heterocycles. The highest BCUT2D eigenvalue weighted by atomic mass is 35.5. The van der Waals surface area contributed by atoms with Crippen LogP contribution in [-0.2, 0) is 27.4 Å². The Morgan fingerprint density at radius 1 is 0.872 bits per heavy atom. The molecule has 39 heavy (non-hydrogen) atoms. The standard InChI is InChI=1S/C17H26N2O3.C12H18N2O.2ClH/c1-17(2,3)22-16(20)19-10-9-14(18)15(11-19)21-12-13-7-5-4-6-8-13;13-11-6-7-14-8-12(11)15-9-10-4-2-1-3-5-10;;/h4-8,14-15H,9-12,18H2,1-3H3;1-5,11-12,14H,6-9,13H2;2*1H. The Balaban J connectivity index is 0.000000394. The predicted molar refractivity (Wildman–Crippen MR) is 160 cm³/mol. The minimum absolute atomic E-state index is 0. The zero-order valence-corrected chi connectivity index (χ0v) is 24.9. The minimum atomic E-state index is -0.489. The Kier molecular flexibility index (Phi) is 15.9. The Labute approximate surface area is 245 Å². The molecule has 0 spiro atoms. The predicted octanol–water partition coefficient (Wildman–Crippen LogP) is 4.28. The molecule has 2 heterocycles. The van der Waals surface area contributed by atoms with Gasteiger partial charge < -0.3 is 35.9 Å². The van der Waals surface area contributed by atoms with Crippen LogP contribution in [0.25, 0.3) is 0 Å². The number of piperidine rings is 2. The number of ether oxygens (including phenoxy) is 3. The maximum atomic E-state index is 12.1. The first-order valence-corrected chi connectivity index (χ1v) is 13.2. The largest absolute Gasteiger partial charge is 0.444 e. The van der Waals surface area contributed by atoms with E-state index in [-0.39, 0.29) is 55.2 Å². The van der Waals surface area contributed by atoms with Crippen molar-refractivity contribution >= 4 is 30.9 Å². The van der Waals surface area contributed by atoms with Crippen molar-refractivity contribution in [1.29, 1.82) is 0 Å². The maximum Gasteiger partial charge on any atom is 0.410 e. The topological polar surface area (TPSA) is 112 Å². The quantitative estimate of drug-likeness (QED) is 0.464. The summed E-state index contributed by atoms with van der Waals surface area (Å²) in [6.07, 6.45) is 1.41. The van der Waals surface area contributed by atoms with Gasteiger partial charge in [0.2, 0.25) is 0 Å². The lowest BCUT2D eigenvalue weighted by atomic mass is 10.0. The van der Waals surface area contributed by atoms with E-state index in [0.29, 0.717) is 26.3 Å². The van der Waals surface area contributed by atoms with Gasteiger partial charge in [-0.1, -0.05) is 60.7 Å². The second-order valence-corrected chi connectivity index (χ2v) is 10.7. The van der Waals surface area contributed by atoms with Crippen LogP contribution in [0.5, 0.6) is 0 Å². The minimum Gasteiger partial charge on any atom is -0.444 e. The van der Waals surface area contributed by atoms with E-state index in [1.165, 1.54) is 5.56 Å². The van der Waals surface area contributed by atoms with Crippen LogP contribution in [-0.4, -0.2) is 67.1 Å². The number of carbonyl (C=O) groups is 1. The number of nitrogens with one attached hydrogen (secondary N) is 1. The normalized spacial score (nSPS) is 22.8. The van der Waals surface area contributed by atoms with Gasteiger partial charge >= 0.3 is 6.09 Å². The Morgan fingerprint density at radius 3 is 1.90 bits per heavy atom. The number of hydrogen-bond donors (Lipinski definition) is 3. The lowest BCUT2D eigenvalue weighted by molar-refractivity contribution is -0.0343. The molecule has 0 radical (unpaired) electrons. The van der Waals surface area contributed by atoms with Crippen molar-refractivity contribution in [3.8, 4) is 0 Å². The molecule has 10 heteroatoms. The number of rotatable bonds is 6. The first kappa shape index (κ1) is 35.1. The first-order chi connectivity index (χ1) is 17.7. The summed E-state index contributed by atoms with van der Waals surface area (Å²) in [5, 5.41) is 3.30. The average Bonchev–Trinajstić information content (AvgIpc) is 2.88. The van der Waals surface area contributed by atoms with Crippen molar-refractivity contribution in [3.05, 3.63) is 71.8 Å². The molecule has 4 rings (SSSR count). The molecule has 8 nitrogen and oxygen atoms in total. The van der Waals surface area contributed by atoms with Crippen LogP contribution in [0.1, 0.15) is 44.7 Å². The summed E-state index contributed by atoms with van der Waals surface area (Å²) in [5.41, 5.74) is 13.9. The summed E-state index contributed by atoms with van der Waals surface area (Å²) < 4.78 is 17.1. The van der Waals surface area contributed by atoms with E-state index < -0.39 is 5.60 Å². The van der Waals surface area contributed by atoms with Crippen LogP contribution in [0.4, 0.5) is 4.79 Å². The smallest absolute Gasteiger partial charge is 0.410 e. The molecule has 220 valence electrons. The molecule has 0 aliphatic carbocycles. The van der Waals surface area contributed by atoms with E-state index in [1.807, 2.05) is 69.3 Å². The lowest BCUT2D eigenvalue weighted by Crippen LogP contribution is -2.54. The Bertz CT molecular complexity index is 934. The fourth-order valence-corrected chi connectivity index (χ4v) is 4.19. The number of carbonyl (C=O) groups excluding carboxylic acids is 1. The maximum absolute atomic E-state index is 12.1. The first-order valence-electron chi connectivity index (χ1n) is 13.2. The Hall–Kier alpha value is -1.91. The summed E-state index contributed by atoms with van der Waals surface area (Å²) >= 11 is 0. The number of amides is 1. The SMILES string of the molecule is CC(C)(C)OC(=O)N1CCC(N)C(OCc2ccccc2)C1.Cl.Cl.NC1CCNCC1OCc1ccccc1. The van der Waals surface area contributed by atoms with Crippen LogP contribution in [0.15, 0.2) is 60.7 Å². The molecule has 4 atom stereocenters. The molecular weight excluding hydrogens is 539 g/mol. The van der Waals surface area contributed by atoms with Gasteiger partial charge in [-0.15, -0.1) is 24.8 Å². The molecule has 2 aliphatic rings. The van der Waals surface area contributed by atoms with E-state index in [2.05, 4.69) is 17.4 Å². The Morgan fingerprint density at radius 2 is 1.38 bits per heavy atom. The molecule has 2 fully saturated rings. The highest BCUT2D eigenvalue weighted by molar-refractivity contribution is 5.85. The molecular formula is C29H46Cl2N4O4. The molecule has 0 saturated carbocycles. The van der Waals surface area contributed by atoms with Crippen LogP contribution in [0, 0.1) is 0 Å². The monoisotopic (exact) mass is 584 g/mol. The molecule has 5 N–H and O–H groups in total. The number of likely N-dealkylation sites (tertiary alicyclic amines) is 1. The summed E-state index contributed by atoms with van der Waals surface area (Å²) in [7, 11) is 0. The van der Waals surface area contributed by atoms with Gasteiger partial charge in [-0.25, -0.2) is 4.79 Å². The average molecular weight is 586 g/mol. The summed E-state index contributed by atoms with van der Waals surface area (Å²) in [6.45, 7) is 9.71. The number of hydrogen-bond acceptors (Lipinski definition) is 7. The zero-order chi connectivity index (χ0) is 26.7. The second kappa shape index (κ2) is 17.7. The van der Waals surface area contributed by atoms with Gasteiger partial charge in [0.05, 0.1) is 32.0 Å². The van der Waals surface area contributed by atoms with Crippen LogP contribution < -0.4 is 16.8 Å². The van der Waals surface area contributed by atoms with Gasteiger partial charge in [0.15, 0.2) is 0 Å². The third-order valence-electron chi connectivity index (χ3n) is 6.35. The van der Waals surface area contributed by atoms with E-state index in [4.69, 9.17) is 25.7 Å². The summed E-state index contributed by atoms with van der Waals surface area (Å²) in [5.74, 6) is 0. The van der Waals surface area contributed by atoms with Crippen LogP contribution in [0.3, 0.4) is 0 Å². The van der Waals surface area contributed by atoms with Crippen LogP contribution in [0.2, 0.25) is 0 Å². The second-order valence-electron chi connectivity index (χ2n) is 10.7.